The Balaban J connectivity index is 1.43. The van der Waals surface area contributed by atoms with E-state index in [1.165, 1.54) is 11.6 Å². The van der Waals surface area contributed by atoms with E-state index >= 15 is 0 Å². The van der Waals surface area contributed by atoms with Crippen LogP contribution in [0.25, 0.3) is 0 Å². The summed E-state index contributed by atoms with van der Waals surface area (Å²) in [5.41, 5.74) is 1.63. The average molecular weight is 387 g/mol. The molecular formula is C23H27F2NO2. The van der Waals surface area contributed by atoms with Crippen molar-refractivity contribution in [1.29, 1.82) is 0 Å². The Labute approximate surface area is 165 Å². The van der Waals surface area contributed by atoms with Crippen molar-refractivity contribution in [1.82, 2.24) is 4.90 Å². The van der Waals surface area contributed by atoms with E-state index in [0.29, 0.717) is 25.7 Å². The summed E-state index contributed by atoms with van der Waals surface area (Å²) < 4.78 is 26.6. The number of carbonyl (C=O) groups is 1. The number of piperidine rings is 1. The van der Waals surface area contributed by atoms with Crippen LogP contribution in [0.4, 0.5) is 8.78 Å². The standard InChI is InChI=1S/C23H27F2NO2/c1-17-4-6-18(7-5-17)16-23(28)10-13-26(14-11-23)12-2-3-22(27)20-9-8-19(24)15-21(20)25/h4-9,15,28H,2-3,10-14,16H2,1H3. The molecule has 1 heterocycles. The van der Waals surface area contributed by atoms with Gasteiger partial charge in [-0.15, -0.1) is 0 Å². The molecule has 150 valence electrons. The molecule has 0 amide bonds. The van der Waals surface area contributed by atoms with Crippen LogP contribution in [0.15, 0.2) is 42.5 Å². The molecule has 0 saturated carbocycles. The number of aliphatic hydroxyl groups is 1. The normalized spacial score (nSPS) is 16.9. The first-order valence-electron chi connectivity index (χ1n) is 9.83. The van der Waals surface area contributed by atoms with Crippen molar-refractivity contribution >= 4 is 5.78 Å². The minimum absolute atomic E-state index is 0.0486. The fraction of sp³-hybridized carbons (Fsp3) is 0.435. The maximum atomic E-state index is 13.7. The second-order valence-electron chi connectivity index (χ2n) is 7.88. The minimum atomic E-state index is -0.802. The number of nitrogens with zero attached hydrogens (tertiary/aromatic N) is 1. The van der Waals surface area contributed by atoms with E-state index in [1.54, 1.807) is 0 Å². The zero-order chi connectivity index (χ0) is 20.1. The minimum Gasteiger partial charge on any atom is -0.389 e. The van der Waals surface area contributed by atoms with Gasteiger partial charge < -0.3 is 10.0 Å². The lowest BCUT2D eigenvalue weighted by atomic mass is 9.85. The summed E-state index contributed by atoms with van der Waals surface area (Å²) in [6, 6.07) is 11.3. The molecule has 2 aromatic carbocycles. The first-order chi connectivity index (χ1) is 13.3. The number of carbonyl (C=O) groups excluding carboxylic acids is 1. The molecule has 0 aromatic heterocycles. The van der Waals surface area contributed by atoms with Crippen LogP contribution < -0.4 is 0 Å². The maximum absolute atomic E-state index is 13.7. The van der Waals surface area contributed by atoms with Gasteiger partial charge in [-0.05, 0) is 50.4 Å². The van der Waals surface area contributed by atoms with E-state index in [2.05, 4.69) is 29.2 Å². The van der Waals surface area contributed by atoms with Crippen molar-refractivity contribution in [2.45, 2.75) is 44.6 Å². The number of hydrogen-bond acceptors (Lipinski definition) is 3. The number of likely N-dealkylation sites (tertiary alicyclic amines) is 1. The third-order valence-corrected chi connectivity index (χ3v) is 5.55. The van der Waals surface area contributed by atoms with Crippen LogP contribution in [-0.2, 0) is 6.42 Å². The second kappa shape index (κ2) is 8.93. The van der Waals surface area contributed by atoms with Crippen molar-refractivity contribution in [2.75, 3.05) is 19.6 Å². The van der Waals surface area contributed by atoms with Crippen LogP contribution in [-0.4, -0.2) is 41.0 Å². The molecule has 1 saturated heterocycles. The molecule has 0 bridgehead atoms. The van der Waals surface area contributed by atoms with Gasteiger partial charge in [0.2, 0.25) is 0 Å². The zero-order valence-corrected chi connectivity index (χ0v) is 16.3. The Morgan fingerprint density at radius 2 is 1.79 bits per heavy atom. The molecule has 2 aromatic rings. The SMILES string of the molecule is Cc1ccc(CC2(O)CCN(CCCC(=O)c3ccc(F)cc3F)CC2)cc1. The van der Waals surface area contributed by atoms with E-state index in [9.17, 15) is 18.7 Å². The van der Waals surface area contributed by atoms with Crippen molar-refractivity contribution in [3.63, 3.8) is 0 Å². The van der Waals surface area contributed by atoms with Gasteiger partial charge in [0, 0.05) is 32.0 Å². The van der Waals surface area contributed by atoms with Gasteiger partial charge in [0.25, 0.3) is 0 Å². The molecular weight excluding hydrogens is 360 g/mol. The third-order valence-electron chi connectivity index (χ3n) is 5.55. The Kier molecular flexibility index (Phi) is 6.57. The lowest BCUT2D eigenvalue weighted by Gasteiger charge is -2.38. The number of ketones is 1. The molecule has 1 aliphatic rings. The highest BCUT2D eigenvalue weighted by Gasteiger charge is 2.32. The van der Waals surface area contributed by atoms with Crippen LogP contribution in [0.5, 0.6) is 0 Å². The molecule has 0 aliphatic carbocycles. The van der Waals surface area contributed by atoms with Crippen LogP contribution in [0.2, 0.25) is 0 Å². The van der Waals surface area contributed by atoms with Gasteiger partial charge in [-0.2, -0.15) is 0 Å². The van der Waals surface area contributed by atoms with E-state index in [-0.39, 0.29) is 17.8 Å². The van der Waals surface area contributed by atoms with Crippen molar-refractivity contribution in [3.05, 3.63) is 70.8 Å². The number of rotatable bonds is 7. The van der Waals surface area contributed by atoms with E-state index in [0.717, 1.165) is 37.3 Å². The van der Waals surface area contributed by atoms with Crippen molar-refractivity contribution in [2.24, 2.45) is 0 Å². The fourth-order valence-electron chi connectivity index (χ4n) is 3.77. The molecule has 0 spiro atoms. The molecule has 3 nitrogen and oxygen atoms in total. The first-order valence-corrected chi connectivity index (χ1v) is 9.83. The lowest BCUT2D eigenvalue weighted by Crippen LogP contribution is -2.45. The molecule has 0 unspecified atom stereocenters. The molecule has 5 heteroatoms. The van der Waals surface area contributed by atoms with Crippen LogP contribution in [0, 0.1) is 18.6 Å². The Morgan fingerprint density at radius 1 is 1.11 bits per heavy atom. The van der Waals surface area contributed by atoms with Crippen LogP contribution >= 0.6 is 0 Å². The summed E-state index contributed by atoms with van der Waals surface area (Å²) >= 11 is 0. The summed E-state index contributed by atoms with van der Waals surface area (Å²) in [7, 11) is 0. The summed E-state index contributed by atoms with van der Waals surface area (Å²) in [5, 5.41) is 10.9. The second-order valence-corrected chi connectivity index (χ2v) is 7.88. The Bertz CT molecular complexity index is 812. The van der Waals surface area contributed by atoms with E-state index < -0.39 is 17.2 Å². The molecule has 0 radical (unpaired) electrons. The van der Waals surface area contributed by atoms with Gasteiger partial charge in [0.1, 0.15) is 11.6 Å². The number of aryl methyl sites for hydroxylation is 1. The highest BCUT2D eigenvalue weighted by Crippen LogP contribution is 2.27. The molecule has 1 fully saturated rings. The summed E-state index contributed by atoms with van der Waals surface area (Å²) in [4.78, 5) is 14.4. The monoisotopic (exact) mass is 387 g/mol. The summed E-state index contributed by atoms with van der Waals surface area (Å²) in [5.74, 6) is -1.78. The molecule has 3 rings (SSSR count). The van der Waals surface area contributed by atoms with Gasteiger partial charge >= 0.3 is 0 Å². The zero-order valence-electron chi connectivity index (χ0n) is 16.3. The molecule has 0 atom stereocenters. The summed E-state index contributed by atoms with van der Waals surface area (Å²) in [6.45, 7) is 4.34. The predicted molar refractivity (Wildman–Crippen MR) is 105 cm³/mol. The van der Waals surface area contributed by atoms with Gasteiger partial charge in [0.15, 0.2) is 5.78 Å². The number of halogens is 2. The molecule has 1 N–H and O–H groups in total. The van der Waals surface area contributed by atoms with Crippen LogP contribution in [0.3, 0.4) is 0 Å². The maximum Gasteiger partial charge on any atom is 0.165 e. The van der Waals surface area contributed by atoms with Gasteiger partial charge in [0.05, 0.1) is 11.2 Å². The predicted octanol–water partition coefficient (Wildman–Crippen LogP) is 4.31. The van der Waals surface area contributed by atoms with Crippen molar-refractivity contribution < 1.29 is 18.7 Å². The largest absolute Gasteiger partial charge is 0.389 e. The third kappa shape index (κ3) is 5.46. The summed E-state index contributed by atoms with van der Waals surface area (Å²) in [6.07, 6.45) is 2.89. The lowest BCUT2D eigenvalue weighted by molar-refractivity contribution is -0.0207. The quantitative estimate of drug-likeness (QED) is 0.720. The highest BCUT2D eigenvalue weighted by atomic mass is 19.1. The average Bonchev–Trinajstić information content (AvgIpc) is 2.65. The Morgan fingerprint density at radius 3 is 2.43 bits per heavy atom. The molecule has 28 heavy (non-hydrogen) atoms. The Hall–Kier alpha value is -2.11. The topological polar surface area (TPSA) is 40.5 Å². The number of Topliss-reactive ketones (excluding diaryl/α,β-unsaturated/α-hetero) is 1. The van der Waals surface area contributed by atoms with Gasteiger partial charge in [-0.25, -0.2) is 8.78 Å². The van der Waals surface area contributed by atoms with Gasteiger partial charge in [-0.3, -0.25) is 4.79 Å². The number of hydrogen-bond donors (Lipinski definition) is 1. The number of benzene rings is 2. The van der Waals surface area contributed by atoms with Crippen LogP contribution in [0.1, 0.15) is 47.2 Å². The van der Waals surface area contributed by atoms with E-state index in [4.69, 9.17) is 0 Å². The van der Waals surface area contributed by atoms with Crippen molar-refractivity contribution in [3.8, 4) is 0 Å². The molecule has 1 aliphatic heterocycles. The van der Waals surface area contributed by atoms with E-state index in [1.807, 2.05) is 6.92 Å². The fourth-order valence-corrected chi connectivity index (χ4v) is 3.77. The highest BCUT2D eigenvalue weighted by molar-refractivity contribution is 5.96. The smallest absolute Gasteiger partial charge is 0.165 e. The van der Waals surface area contributed by atoms with Gasteiger partial charge in [-0.1, -0.05) is 29.8 Å². The first kappa shape index (κ1) is 20.6.